The van der Waals surface area contributed by atoms with Gasteiger partial charge >= 0.3 is 0 Å². The molecule has 2 radical (unpaired) electrons. The highest BCUT2D eigenvalue weighted by Crippen LogP contribution is 2.65. The highest BCUT2D eigenvalue weighted by Gasteiger charge is 2.49. The van der Waals surface area contributed by atoms with Crippen LogP contribution in [0.3, 0.4) is 0 Å². The molecular weight excluding hydrogens is 462 g/mol. The summed E-state index contributed by atoms with van der Waals surface area (Å²) in [6.45, 7) is 9.39. The van der Waals surface area contributed by atoms with Gasteiger partial charge in [-0.25, -0.2) is 0 Å². The number of benzene rings is 4. The van der Waals surface area contributed by atoms with E-state index in [1.165, 1.54) is 21.2 Å². The van der Waals surface area contributed by atoms with Gasteiger partial charge in [0.25, 0.3) is 0 Å². The number of hydrogen-bond donors (Lipinski definition) is 1. The molecule has 1 fully saturated rings. The fourth-order valence-corrected chi connectivity index (χ4v) is 11.2. The Morgan fingerprint density at radius 2 is 1.26 bits per heavy atom. The lowest BCUT2D eigenvalue weighted by atomic mass is 9.94. The fraction of sp³-hybridized carbons (Fsp3) is 0.219. The van der Waals surface area contributed by atoms with Gasteiger partial charge in [-0.15, -0.1) is 0 Å². The first kappa shape index (κ1) is 24.4. The molecule has 0 aliphatic heterocycles. The van der Waals surface area contributed by atoms with Crippen LogP contribution in [0.4, 0.5) is 0 Å². The van der Waals surface area contributed by atoms with Crippen molar-refractivity contribution in [3.8, 4) is 0 Å². The van der Waals surface area contributed by atoms with Crippen molar-refractivity contribution in [1.82, 2.24) is 0 Å². The third kappa shape index (κ3) is 5.01. The molecule has 0 saturated heterocycles. The van der Waals surface area contributed by atoms with E-state index in [1.54, 1.807) is 0 Å². The van der Waals surface area contributed by atoms with Crippen LogP contribution in [-0.2, 0) is 0 Å². The molecule has 1 aliphatic rings. The Bertz CT molecular complexity index is 1180. The van der Waals surface area contributed by atoms with Crippen LogP contribution >= 0.6 is 15.2 Å². The summed E-state index contributed by atoms with van der Waals surface area (Å²) in [6.07, 6.45) is 2.71. The molecule has 3 unspecified atom stereocenters. The molecule has 4 aromatic rings. The van der Waals surface area contributed by atoms with Crippen LogP contribution in [0, 0.1) is 12.6 Å². The van der Waals surface area contributed by atoms with E-state index in [9.17, 15) is 5.11 Å². The molecule has 1 N–H and O–H groups in total. The quantitative estimate of drug-likeness (QED) is 0.299. The van der Waals surface area contributed by atoms with Crippen LogP contribution in [0.2, 0.25) is 0 Å². The Labute approximate surface area is 212 Å². The maximum Gasteiger partial charge on any atom is 0.155 e. The Balaban J connectivity index is 1.55. The molecule has 3 heteroatoms. The second kappa shape index (κ2) is 10.8. The molecule has 1 aliphatic carbocycles. The monoisotopic (exact) mass is 495 g/mol. The summed E-state index contributed by atoms with van der Waals surface area (Å²) in [5.74, 6) is 0.170. The van der Waals surface area contributed by atoms with Gasteiger partial charge in [-0.3, -0.25) is 0 Å². The molecule has 1 saturated carbocycles. The minimum Gasteiger partial charge on any atom is -0.388 e. The van der Waals surface area contributed by atoms with Gasteiger partial charge in [0, 0.05) is 5.92 Å². The lowest BCUT2D eigenvalue weighted by Crippen LogP contribution is -2.31. The van der Waals surface area contributed by atoms with Gasteiger partial charge < -0.3 is 5.11 Å². The SMILES string of the molecule is [CH][P+](C)(c1ccccc1)C1CCCC1[C@@H](O)c1ccccc1P(c1ccccc1)c1ccccc1. The first-order chi connectivity index (χ1) is 17.1. The van der Waals surface area contributed by atoms with E-state index < -0.39 is 21.3 Å². The minimum atomic E-state index is -1.88. The van der Waals surface area contributed by atoms with Crippen LogP contribution in [0.15, 0.2) is 115 Å². The van der Waals surface area contributed by atoms with E-state index in [4.69, 9.17) is 6.66 Å². The third-order valence-corrected chi connectivity index (χ3v) is 13.4. The van der Waals surface area contributed by atoms with E-state index in [2.05, 4.69) is 122 Å². The molecule has 4 aromatic carbocycles. The summed E-state index contributed by atoms with van der Waals surface area (Å²) in [5, 5.41) is 17.1. The average Bonchev–Trinajstić information content (AvgIpc) is 3.42. The van der Waals surface area contributed by atoms with Crippen molar-refractivity contribution in [3.63, 3.8) is 0 Å². The second-order valence-electron chi connectivity index (χ2n) is 9.66. The standard InChI is InChI=1S/C32H33OP2/c1-35(2,27-19-10-5-11-20-27)31-24-14-22-29(31)32(33)28-21-12-13-23-30(28)34(25-15-6-3-7-16-25)26-17-8-4-9-18-26/h1,3-13,15-21,23,29,31-33H,14,22,24H2,2H3/q+1/t29?,31?,32-,35?/m0/s1. The van der Waals surface area contributed by atoms with Gasteiger partial charge in [0.15, 0.2) is 6.66 Å². The van der Waals surface area contributed by atoms with Gasteiger partial charge in [-0.2, -0.15) is 0 Å². The van der Waals surface area contributed by atoms with Crippen LogP contribution in [0.1, 0.15) is 30.9 Å². The predicted molar refractivity (Wildman–Crippen MR) is 154 cm³/mol. The summed E-state index contributed by atoms with van der Waals surface area (Å²) in [4.78, 5) is 0. The Kier molecular flexibility index (Phi) is 7.50. The van der Waals surface area contributed by atoms with E-state index in [-0.39, 0.29) is 5.92 Å². The highest BCUT2D eigenvalue weighted by molar-refractivity contribution is 7.84. The van der Waals surface area contributed by atoms with Crippen LogP contribution < -0.4 is 21.2 Å². The largest absolute Gasteiger partial charge is 0.388 e. The first-order valence-electron chi connectivity index (χ1n) is 12.4. The van der Waals surface area contributed by atoms with Gasteiger partial charge in [0.2, 0.25) is 0 Å². The zero-order valence-corrected chi connectivity index (χ0v) is 22.0. The summed E-state index contributed by atoms with van der Waals surface area (Å²) in [6, 6.07) is 40.6. The Morgan fingerprint density at radius 1 is 0.743 bits per heavy atom. The molecular formula is C32H33OP2+. The molecule has 176 valence electrons. The summed E-state index contributed by atoms with van der Waals surface area (Å²) < 4.78 is 0. The van der Waals surface area contributed by atoms with Crippen LogP contribution in [-0.4, -0.2) is 17.4 Å². The third-order valence-electron chi connectivity index (χ3n) is 7.46. The van der Waals surface area contributed by atoms with Crippen molar-refractivity contribution in [3.05, 3.63) is 127 Å². The first-order valence-corrected chi connectivity index (χ1v) is 16.2. The Morgan fingerprint density at radius 3 is 1.86 bits per heavy atom. The van der Waals surface area contributed by atoms with E-state index in [1.807, 2.05) is 0 Å². The van der Waals surface area contributed by atoms with Crippen LogP contribution in [0.5, 0.6) is 0 Å². The average molecular weight is 496 g/mol. The molecule has 0 aromatic heterocycles. The lowest BCUT2D eigenvalue weighted by Gasteiger charge is -2.33. The van der Waals surface area contributed by atoms with E-state index >= 15 is 0 Å². The summed E-state index contributed by atoms with van der Waals surface area (Å²) in [7, 11) is -2.66. The van der Waals surface area contributed by atoms with E-state index in [0.717, 1.165) is 24.8 Å². The van der Waals surface area contributed by atoms with Crippen molar-refractivity contribution in [2.45, 2.75) is 31.0 Å². The highest BCUT2D eigenvalue weighted by atomic mass is 31.2. The second-order valence-corrected chi connectivity index (χ2v) is 15.3. The van der Waals surface area contributed by atoms with Crippen molar-refractivity contribution in [1.29, 1.82) is 0 Å². The molecule has 35 heavy (non-hydrogen) atoms. The lowest BCUT2D eigenvalue weighted by molar-refractivity contribution is 0.114. The molecule has 0 amide bonds. The normalized spacial score (nSPS) is 19.1. The molecule has 4 atom stereocenters. The minimum absolute atomic E-state index is 0.170. The zero-order chi connectivity index (χ0) is 24.3. The topological polar surface area (TPSA) is 20.2 Å². The number of aliphatic hydroxyl groups is 1. The number of aliphatic hydroxyl groups excluding tert-OH is 1. The summed E-state index contributed by atoms with van der Waals surface area (Å²) >= 11 is 0. The van der Waals surface area contributed by atoms with Crippen LogP contribution in [0.25, 0.3) is 0 Å². The smallest absolute Gasteiger partial charge is 0.155 e. The maximum absolute atomic E-state index is 12.0. The van der Waals surface area contributed by atoms with Gasteiger partial charge in [0.1, 0.15) is 0 Å². The summed E-state index contributed by atoms with van der Waals surface area (Å²) in [5.41, 5.74) is 1.39. The Hall–Kier alpha value is -2.30. The molecule has 1 nitrogen and oxygen atoms in total. The van der Waals surface area contributed by atoms with Crippen molar-refractivity contribution in [2.75, 3.05) is 6.66 Å². The van der Waals surface area contributed by atoms with Gasteiger partial charge in [-0.1, -0.05) is 103 Å². The van der Waals surface area contributed by atoms with Gasteiger partial charge in [-0.05, 0) is 60.8 Å². The van der Waals surface area contributed by atoms with Gasteiger partial charge in [0.05, 0.1) is 31.0 Å². The molecule has 0 heterocycles. The zero-order valence-electron chi connectivity index (χ0n) is 20.2. The molecule has 0 spiro atoms. The van der Waals surface area contributed by atoms with Crippen molar-refractivity contribution in [2.24, 2.45) is 5.92 Å². The van der Waals surface area contributed by atoms with E-state index in [0.29, 0.717) is 5.66 Å². The fourth-order valence-electron chi connectivity index (χ4n) is 5.70. The maximum atomic E-state index is 12.0. The number of rotatable bonds is 7. The number of hydrogen-bond acceptors (Lipinski definition) is 1. The van der Waals surface area contributed by atoms with Crippen molar-refractivity contribution >= 4 is 36.4 Å². The van der Waals surface area contributed by atoms with Crippen molar-refractivity contribution < 1.29 is 5.11 Å². The predicted octanol–water partition coefficient (Wildman–Crippen LogP) is 6.29. The molecule has 0 bridgehead atoms. The molecule has 5 rings (SSSR count).